The first-order valence-electron chi connectivity index (χ1n) is 10.3. The fourth-order valence-corrected chi connectivity index (χ4v) is 4.40. The molecule has 0 saturated heterocycles. The molecule has 0 radical (unpaired) electrons. The molecule has 0 aromatic heterocycles. The maximum atomic E-state index is 14.7. The molecule has 0 spiro atoms. The van der Waals surface area contributed by atoms with E-state index in [0.29, 0.717) is 36.0 Å². The van der Waals surface area contributed by atoms with Gasteiger partial charge in [-0.05, 0) is 66.5 Å². The molecule has 8 heteroatoms. The summed E-state index contributed by atoms with van der Waals surface area (Å²) in [6.07, 6.45) is 1.64. The summed E-state index contributed by atoms with van der Waals surface area (Å²) in [6, 6.07) is 3.07. The molecule has 1 saturated carbocycles. The molecule has 0 amide bonds. The van der Waals surface area contributed by atoms with Crippen LogP contribution >= 0.6 is 0 Å². The van der Waals surface area contributed by atoms with Gasteiger partial charge in [0.1, 0.15) is 11.6 Å². The van der Waals surface area contributed by atoms with Crippen molar-refractivity contribution < 1.29 is 35.5 Å². The summed E-state index contributed by atoms with van der Waals surface area (Å²) in [6.45, 7) is 2.15. The smallest absolute Gasteiger partial charge is 0.399 e. The summed E-state index contributed by atoms with van der Waals surface area (Å²) in [7, 11) is 0. The molecule has 0 unspecified atom stereocenters. The van der Waals surface area contributed by atoms with Gasteiger partial charge < -0.3 is 4.74 Å². The van der Waals surface area contributed by atoms with E-state index in [-0.39, 0.29) is 0 Å². The van der Waals surface area contributed by atoms with Crippen molar-refractivity contribution in [2.24, 2.45) is 11.8 Å². The Balaban J connectivity index is 1.80. The van der Waals surface area contributed by atoms with Crippen LogP contribution in [-0.4, -0.2) is 6.36 Å². The number of benzene rings is 2. The quantitative estimate of drug-likeness (QED) is 0.408. The van der Waals surface area contributed by atoms with Gasteiger partial charge in [-0.2, -0.15) is 0 Å². The van der Waals surface area contributed by atoms with E-state index < -0.39 is 46.5 Å². The largest absolute Gasteiger partial charge is 0.573 e. The molecule has 1 aliphatic carbocycles. The zero-order chi connectivity index (χ0) is 22.8. The van der Waals surface area contributed by atoms with Gasteiger partial charge in [-0.25, -0.2) is 17.6 Å². The molecule has 31 heavy (non-hydrogen) atoms. The molecular formula is C23H23F7O. The average molecular weight is 448 g/mol. The van der Waals surface area contributed by atoms with Crippen LogP contribution in [0.15, 0.2) is 24.3 Å². The highest BCUT2D eigenvalue weighted by Crippen LogP contribution is 2.37. The van der Waals surface area contributed by atoms with E-state index in [4.69, 9.17) is 0 Å². The standard InChI is InChI=1S/C23H23F7O/c1-2-3-13-4-6-14(7-5-13)8-15-9-17(24)21(18(25)10-15)16-11-19(26)22(20(27)12-16)31-23(28,29)30/h9-14H,2-8H2,1H3. The molecule has 1 aliphatic rings. The Kier molecular flexibility index (Phi) is 7.17. The van der Waals surface area contributed by atoms with Crippen LogP contribution in [0.25, 0.3) is 11.1 Å². The summed E-state index contributed by atoms with van der Waals surface area (Å²) in [4.78, 5) is 0. The van der Waals surface area contributed by atoms with Gasteiger partial charge in [0.2, 0.25) is 5.75 Å². The van der Waals surface area contributed by atoms with Gasteiger partial charge in [0, 0.05) is 0 Å². The molecule has 170 valence electrons. The van der Waals surface area contributed by atoms with Crippen molar-refractivity contribution in [3.63, 3.8) is 0 Å². The van der Waals surface area contributed by atoms with Crippen molar-refractivity contribution in [1.82, 2.24) is 0 Å². The van der Waals surface area contributed by atoms with Gasteiger partial charge in [-0.3, -0.25) is 0 Å². The third-order valence-electron chi connectivity index (χ3n) is 5.79. The molecular weight excluding hydrogens is 425 g/mol. The van der Waals surface area contributed by atoms with E-state index in [1.165, 1.54) is 6.42 Å². The van der Waals surface area contributed by atoms with Crippen LogP contribution in [0.5, 0.6) is 5.75 Å². The van der Waals surface area contributed by atoms with E-state index in [1.807, 2.05) is 0 Å². The minimum absolute atomic E-state index is 0.312. The minimum atomic E-state index is -5.31. The normalized spacial score (nSPS) is 19.5. The lowest BCUT2D eigenvalue weighted by molar-refractivity contribution is -0.276. The fourth-order valence-electron chi connectivity index (χ4n) is 4.40. The zero-order valence-corrected chi connectivity index (χ0v) is 17.0. The molecule has 0 aliphatic heterocycles. The fraction of sp³-hybridized carbons (Fsp3) is 0.478. The summed E-state index contributed by atoms with van der Waals surface area (Å²) >= 11 is 0. The molecule has 0 heterocycles. The third kappa shape index (κ3) is 5.92. The molecule has 2 aromatic carbocycles. The Labute approximate surface area is 176 Å². The highest BCUT2D eigenvalue weighted by atomic mass is 19.4. The van der Waals surface area contributed by atoms with E-state index in [2.05, 4.69) is 11.7 Å². The predicted molar refractivity (Wildman–Crippen MR) is 102 cm³/mol. The number of hydrogen-bond acceptors (Lipinski definition) is 1. The van der Waals surface area contributed by atoms with Crippen LogP contribution in [0.2, 0.25) is 0 Å². The molecule has 2 aromatic rings. The van der Waals surface area contributed by atoms with Crippen LogP contribution < -0.4 is 4.74 Å². The van der Waals surface area contributed by atoms with Crippen LogP contribution in [-0.2, 0) is 6.42 Å². The molecule has 0 bridgehead atoms. The van der Waals surface area contributed by atoms with Gasteiger partial charge in [-0.15, -0.1) is 13.2 Å². The first kappa shape index (κ1) is 23.4. The van der Waals surface area contributed by atoms with Crippen molar-refractivity contribution in [3.05, 3.63) is 53.1 Å². The molecule has 0 N–H and O–H groups in total. The van der Waals surface area contributed by atoms with Gasteiger partial charge in [0.25, 0.3) is 0 Å². The molecule has 3 rings (SSSR count). The summed E-state index contributed by atoms with van der Waals surface area (Å²) in [5.41, 5.74) is -0.812. The molecule has 1 nitrogen and oxygen atoms in total. The maximum Gasteiger partial charge on any atom is 0.573 e. The summed E-state index contributed by atoms with van der Waals surface area (Å²) in [5, 5.41) is 0. The van der Waals surface area contributed by atoms with E-state index >= 15 is 0 Å². The Morgan fingerprint density at radius 3 is 1.81 bits per heavy atom. The van der Waals surface area contributed by atoms with Crippen molar-refractivity contribution in [3.8, 4) is 16.9 Å². The van der Waals surface area contributed by atoms with Crippen molar-refractivity contribution in [1.29, 1.82) is 0 Å². The second-order valence-electron chi connectivity index (χ2n) is 8.13. The lowest BCUT2D eigenvalue weighted by atomic mass is 9.78. The van der Waals surface area contributed by atoms with Crippen molar-refractivity contribution in [2.75, 3.05) is 0 Å². The first-order chi connectivity index (χ1) is 14.6. The Morgan fingerprint density at radius 2 is 1.32 bits per heavy atom. The maximum absolute atomic E-state index is 14.7. The predicted octanol–water partition coefficient (Wildman–Crippen LogP) is 7.96. The van der Waals surface area contributed by atoms with Gasteiger partial charge in [-0.1, -0.05) is 32.6 Å². The lowest BCUT2D eigenvalue weighted by Crippen LogP contribution is -2.19. The van der Waals surface area contributed by atoms with Crippen LogP contribution in [0.1, 0.15) is 51.0 Å². The number of rotatable bonds is 6. The summed E-state index contributed by atoms with van der Waals surface area (Å²) < 4.78 is 97.3. The second kappa shape index (κ2) is 9.49. The van der Waals surface area contributed by atoms with Crippen molar-refractivity contribution in [2.45, 2.75) is 58.2 Å². The Morgan fingerprint density at radius 1 is 0.806 bits per heavy atom. The zero-order valence-electron chi connectivity index (χ0n) is 17.0. The average Bonchev–Trinajstić information content (AvgIpc) is 2.65. The highest BCUT2D eigenvalue weighted by Gasteiger charge is 2.34. The third-order valence-corrected chi connectivity index (χ3v) is 5.79. The highest BCUT2D eigenvalue weighted by molar-refractivity contribution is 5.66. The monoisotopic (exact) mass is 448 g/mol. The molecule has 0 atom stereocenters. The SMILES string of the molecule is CCCC1CCC(Cc2cc(F)c(-c3cc(F)c(OC(F)(F)F)c(F)c3)c(F)c2)CC1. The van der Waals surface area contributed by atoms with Crippen LogP contribution in [0.4, 0.5) is 30.7 Å². The number of ether oxygens (including phenoxy) is 1. The van der Waals surface area contributed by atoms with Gasteiger partial charge in [0.05, 0.1) is 5.56 Å². The summed E-state index contributed by atoms with van der Waals surface area (Å²) in [5.74, 6) is -6.14. The van der Waals surface area contributed by atoms with Crippen LogP contribution in [0, 0.1) is 35.1 Å². The second-order valence-corrected chi connectivity index (χ2v) is 8.13. The molecule has 1 fully saturated rings. The Hall–Kier alpha value is -2.25. The topological polar surface area (TPSA) is 9.23 Å². The number of halogens is 7. The minimum Gasteiger partial charge on any atom is -0.399 e. The number of alkyl halides is 3. The van der Waals surface area contributed by atoms with E-state index in [0.717, 1.165) is 44.2 Å². The number of hydrogen-bond donors (Lipinski definition) is 0. The van der Waals surface area contributed by atoms with E-state index in [9.17, 15) is 30.7 Å². The van der Waals surface area contributed by atoms with Crippen molar-refractivity contribution >= 4 is 0 Å². The lowest BCUT2D eigenvalue weighted by Gasteiger charge is -2.28. The van der Waals surface area contributed by atoms with Crippen LogP contribution in [0.3, 0.4) is 0 Å². The van der Waals surface area contributed by atoms with Gasteiger partial charge in [0.15, 0.2) is 11.6 Å². The van der Waals surface area contributed by atoms with Gasteiger partial charge >= 0.3 is 6.36 Å². The first-order valence-corrected chi connectivity index (χ1v) is 10.3. The van der Waals surface area contributed by atoms with E-state index in [1.54, 1.807) is 0 Å². The Bertz CT molecular complexity index is 869.